The second kappa shape index (κ2) is 8.42. The molecule has 2 aromatic rings. The Kier molecular flexibility index (Phi) is 6.52. The molecule has 0 unspecified atom stereocenters. The molecule has 0 aromatic heterocycles. The van der Waals surface area contributed by atoms with Crippen molar-refractivity contribution in [3.63, 3.8) is 0 Å². The van der Waals surface area contributed by atoms with Gasteiger partial charge in [-0.1, -0.05) is 29.8 Å². The van der Waals surface area contributed by atoms with Crippen LogP contribution in [0.15, 0.2) is 53.4 Å². The molecule has 0 spiro atoms. The number of likely N-dealkylation sites (N-methyl/N-ethyl adjacent to an activating group) is 1. The maximum absolute atomic E-state index is 13.5. The molecule has 0 atom stereocenters. The number of hydrogen-bond acceptors (Lipinski definition) is 3. The molecule has 0 radical (unpaired) electrons. The van der Waals surface area contributed by atoms with Crippen molar-refractivity contribution in [2.45, 2.75) is 11.3 Å². The maximum atomic E-state index is 13.5. The van der Waals surface area contributed by atoms with E-state index in [0.717, 1.165) is 4.31 Å². The second-order valence-electron chi connectivity index (χ2n) is 5.41. The summed E-state index contributed by atoms with van der Waals surface area (Å²) in [6, 6.07) is 12.0. The minimum atomic E-state index is -3.78. The maximum Gasteiger partial charge on any atom is 0.243 e. The minimum absolute atomic E-state index is 0.0542. The first-order valence-corrected chi connectivity index (χ1v) is 9.34. The van der Waals surface area contributed by atoms with Crippen LogP contribution in [-0.4, -0.2) is 38.8 Å². The van der Waals surface area contributed by atoms with Crippen LogP contribution in [0.5, 0.6) is 0 Å². The molecule has 2 aromatic carbocycles. The summed E-state index contributed by atoms with van der Waals surface area (Å²) in [5, 5.41) is 3.01. The van der Waals surface area contributed by atoms with E-state index in [1.165, 1.54) is 37.4 Å². The molecule has 0 aliphatic carbocycles. The van der Waals surface area contributed by atoms with Gasteiger partial charge >= 0.3 is 0 Å². The zero-order valence-electron chi connectivity index (χ0n) is 13.6. The predicted octanol–water partition coefficient (Wildman–Crippen LogP) is 2.46. The van der Waals surface area contributed by atoms with E-state index in [1.807, 2.05) is 0 Å². The number of carbonyl (C=O) groups is 1. The van der Waals surface area contributed by atoms with Gasteiger partial charge in [-0.3, -0.25) is 4.79 Å². The summed E-state index contributed by atoms with van der Waals surface area (Å²) < 4.78 is 39.2. The highest BCUT2D eigenvalue weighted by atomic mass is 35.5. The van der Waals surface area contributed by atoms with Gasteiger partial charge in [0, 0.05) is 18.6 Å². The highest BCUT2D eigenvalue weighted by Crippen LogP contribution is 2.17. The highest BCUT2D eigenvalue weighted by Gasteiger charge is 2.22. The Morgan fingerprint density at radius 2 is 1.80 bits per heavy atom. The van der Waals surface area contributed by atoms with E-state index in [9.17, 15) is 17.6 Å². The number of amides is 1. The number of sulfonamides is 1. The van der Waals surface area contributed by atoms with Crippen LogP contribution in [0, 0.1) is 5.82 Å². The molecule has 0 heterocycles. The Morgan fingerprint density at radius 1 is 1.16 bits per heavy atom. The van der Waals surface area contributed by atoms with Crippen molar-refractivity contribution < 1.29 is 17.6 Å². The van der Waals surface area contributed by atoms with Crippen molar-refractivity contribution in [2.75, 3.05) is 20.1 Å². The summed E-state index contributed by atoms with van der Waals surface area (Å²) in [7, 11) is -2.46. The van der Waals surface area contributed by atoms with Gasteiger partial charge in [-0.05, 0) is 42.3 Å². The second-order valence-corrected chi connectivity index (χ2v) is 7.89. The van der Waals surface area contributed by atoms with Gasteiger partial charge in [0.05, 0.1) is 11.4 Å². The molecule has 1 N–H and O–H groups in total. The summed E-state index contributed by atoms with van der Waals surface area (Å²) in [4.78, 5) is 12.0. The van der Waals surface area contributed by atoms with E-state index >= 15 is 0 Å². The number of halogens is 2. The number of nitrogens with one attached hydrogen (secondary N) is 1. The van der Waals surface area contributed by atoms with Gasteiger partial charge in [-0.2, -0.15) is 4.31 Å². The minimum Gasteiger partial charge on any atom is -0.355 e. The van der Waals surface area contributed by atoms with Crippen molar-refractivity contribution in [3.05, 3.63) is 64.9 Å². The average Bonchev–Trinajstić information content (AvgIpc) is 2.57. The molecule has 134 valence electrons. The Bertz CT molecular complexity index is 841. The van der Waals surface area contributed by atoms with E-state index in [2.05, 4.69) is 5.32 Å². The van der Waals surface area contributed by atoms with Crippen LogP contribution >= 0.6 is 11.6 Å². The van der Waals surface area contributed by atoms with Gasteiger partial charge in [0.2, 0.25) is 15.9 Å². The molecule has 0 bridgehead atoms. The molecule has 25 heavy (non-hydrogen) atoms. The third-order valence-electron chi connectivity index (χ3n) is 3.56. The van der Waals surface area contributed by atoms with Crippen LogP contribution in [0.1, 0.15) is 5.56 Å². The molecule has 0 aliphatic rings. The lowest BCUT2D eigenvalue weighted by molar-refractivity contribution is -0.121. The third-order valence-corrected chi connectivity index (χ3v) is 5.63. The number of rotatable bonds is 7. The van der Waals surface area contributed by atoms with Crippen LogP contribution in [0.25, 0.3) is 0 Å². The molecule has 0 saturated heterocycles. The first-order valence-electron chi connectivity index (χ1n) is 7.52. The quantitative estimate of drug-likeness (QED) is 0.797. The molecular weight excluding hydrogens is 367 g/mol. The number of nitrogens with zero attached hydrogens (tertiary/aromatic N) is 1. The fraction of sp³-hybridized carbons (Fsp3) is 0.235. The topological polar surface area (TPSA) is 66.5 Å². The fourth-order valence-corrected chi connectivity index (χ4v) is 3.42. The molecule has 1 amide bonds. The molecule has 0 saturated carbocycles. The summed E-state index contributed by atoms with van der Waals surface area (Å²) in [6.45, 7) is -0.114. The Hall–Kier alpha value is -1.96. The summed E-state index contributed by atoms with van der Waals surface area (Å²) >= 11 is 5.75. The fourth-order valence-electron chi connectivity index (χ4n) is 2.17. The first kappa shape index (κ1) is 19.4. The van der Waals surface area contributed by atoms with Crippen molar-refractivity contribution in [1.82, 2.24) is 9.62 Å². The molecule has 0 aliphatic heterocycles. The third kappa shape index (κ3) is 5.26. The summed E-state index contributed by atoms with van der Waals surface area (Å²) in [6.07, 6.45) is 0.325. The SMILES string of the molecule is CN(CC(=O)NCCc1ccccc1F)S(=O)(=O)c1ccc(Cl)cc1. The molecule has 2 rings (SSSR count). The van der Waals surface area contributed by atoms with E-state index in [1.54, 1.807) is 18.2 Å². The van der Waals surface area contributed by atoms with E-state index in [4.69, 9.17) is 11.6 Å². The van der Waals surface area contributed by atoms with Crippen LogP contribution in [0.3, 0.4) is 0 Å². The Labute approximate surface area is 151 Å². The predicted molar refractivity (Wildman–Crippen MR) is 94.4 cm³/mol. The average molecular weight is 385 g/mol. The molecular formula is C17H18ClFN2O3S. The van der Waals surface area contributed by atoms with Crippen LogP contribution in [0.2, 0.25) is 5.02 Å². The first-order chi connectivity index (χ1) is 11.8. The van der Waals surface area contributed by atoms with E-state index in [-0.39, 0.29) is 23.8 Å². The molecule has 5 nitrogen and oxygen atoms in total. The van der Waals surface area contributed by atoms with E-state index < -0.39 is 15.9 Å². The van der Waals surface area contributed by atoms with Crippen LogP contribution in [-0.2, 0) is 21.2 Å². The van der Waals surface area contributed by atoms with Gasteiger partial charge in [-0.25, -0.2) is 12.8 Å². The van der Waals surface area contributed by atoms with Crippen molar-refractivity contribution in [1.29, 1.82) is 0 Å². The van der Waals surface area contributed by atoms with Crippen molar-refractivity contribution in [2.24, 2.45) is 0 Å². The zero-order chi connectivity index (χ0) is 18.4. The molecule has 0 fully saturated rings. The lowest BCUT2D eigenvalue weighted by Gasteiger charge is -2.17. The van der Waals surface area contributed by atoms with Gasteiger partial charge in [0.1, 0.15) is 5.82 Å². The van der Waals surface area contributed by atoms with Gasteiger partial charge in [0.15, 0.2) is 0 Å². The molecule has 8 heteroatoms. The monoisotopic (exact) mass is 384 g/mol. The Balaban J connectivity index is 1.89. The van der Waals surface area contributed by atoms with Gasteiger partial charge < -0.3 is 5.32 Å². The van der Waals surface area contributed by atoms with Gasteiger partial charge in [-0.15, -0.1) is 0 Å². The largest absolute Gasteiger partial charge is 0.355 e. The van der Waals surface area contributed by atoms with Crippen molar-refractivity contribution >= 4 is 27.5 Å². The number of carbonyl (C=O) groups excluding carboxylic acids is 1. The summed E-state index contributed by atoms with van der Waals surface area (Å²) in [5.41, 5.74) is 0.491. The van der Waals surface area contributed by atoms with Crippen LogP contribution < -0.4 is 5.32 Å². The number of benzene rings is 2. The van der Waals surface area contributed by atoms with E-state index in [0.29, 0.717) is 17.0 Å². The highest BCUT2D eigenvalue weighted by molar-refractivity contribution is 7.89. The standard InChI is InChI=1S/C17H18ClFN2O3S/c1-21(25(23,24)15-8-6-14(18)7-9-15)12-17(22)20-11-10-13-4-2-3-5-16(13)19/h2-9H,10-12H2,1H3,(H,20,22). The van der Waals surface area contributed by atoms with Crippen molar-refractivity contribution in [3.8, 4) is 0 Å². The lowest BCUT2D eigenvalue weighted by Crippen LogP contribution is -2.39. The Morgan fingerprint density at radius 3 is 2.44 bits per heavy atom. The smallest absolute Gasteiger partial charge is 0.243 e. The van der Waals surface area contributed by atoms with Gasteiger partial charge in [0.25, 0.3) is 0 Å². The van der Waals surface area contributed by atoms with Crippen LogP contribution in [0.4, 0.5) is 4.39 Å². The summed E-state index contributed by atoms with van der Waals surface area (Å²) in [5.74, 6) is -0.796. The zero-order valence-corrected chi connectivity index (χ0v) is 15.1. The number of hydrogen-bond donors (Lipinski definition) is 1. The normalized spacial score (nSPS) is 11.5. The lowest BCUT2D eigenvalue weighted by atomic mass is 10.1.